The van der Waals surface area contributed by atoms with Crippen LogP contribution in [0.1, 0.15) is 22.3 Å². The molecule has 1 N–H and O–H groups in total. The second kappa shape index (κ2) is 9.50. The van der Waals surface area contributed by atoms with Crippen molar-refractivity contribution in [1.29, 1.82) is 0 Å². The number of nitro groups is 1. The molecule has 1 aliphatic heterocycles. The topological polar surface area (TPSA) is 122 Å². The van der Waals surface area contributed by atoms with E-state index in [0.29, 0.717) is 19.5 Å². The number of amides is 3. The largest absolute Gasteiger partial charge is 0.443 e. The highest BCUT2D eigenvalue weighted by Gasteiger charge is 2.31. The number of nitrogens with one attached hydrogen (secondary N) is 1. The number of nitro benzene ring substituents is 1. The molecule has 156 valence electrons. The van der Waals surface area contributed by atoms with Gasteiger partial charge in [0.05, 0.1) is 11.5 Å². The van der Waals surface area contributed by atoms with E-state index >= 15 is 0 Å². The number of carbonyl (C=O) groups is 3. The zero-order chi connectivity index (χ0) is 21.5. The molecule has 0 radical (unpaired) electrons. The Kier molecular flexibility index (Phi) is 6.58. The van der Waals surface area contributed by atoms with Crippen molar-refractivity contribution in [2.24, 2.45) is 0 Å². The molecule has 2 aromatic rings. The van der Waals surface area contributed by atoms with E-state index in [2.05, 4.69) is 5.32 Å². The van der Waals surface area contributed by atoms with Gasteiger partial charge < -0.3 is 10.1 Å². The summed E-state index contributed by atoms with van der Waals surface area (Å²) in [7, 11) is 0. The summed E-state index contributed by atoms with van der Waals surface area (Å²) in [5.74, 6) is -1.00. The monoisotopic (exact) mass is 412 g/mol. The second-order valence-electron chi connectivity index (χ2n) is 6.52. The van der Waals surface area contributed by atoms with Gasteiger partial charge in [-0.15, -0.1) is 0 Å². The number of ether oxygens (including phenoxy) is 1. The zero-order valence-electron chi connectivity index (χ0n) is 16.0. The molecule has 0 spiro atoms. The van der Waals surface area contributed by atoms with Crippen LogP contribution in [0.3, 0.4) is 0 Å². The summed E-state index contributed by atoms with van der Waals surface area (Å²) in [4.78, 5) is 47.1. The van der Waals surface area contributed by atoms with Gasteiger partial charge in [-0.05, 0) is 24.1 Å². The van der Waals surface area contributed by atoms with Crippen LogP contribution >= 0.6 is 0 Å². The van der Waals surface area contributed by atoms with E-state index in [1.54, 1.807) is 0 Å². The van der Waals surface area contributed by atoms with Gasteiger partial charge in [-0.1, -0.05) is 30.3 Å². The van der Waals surface area contributed by atoms with Gasteiger partial charge in [0, 0.05) is 30.8 Å². The standard InChI is InChI=1S/C20H20N4O6/c25-18(13-21-19(26)16-7-9-17(10-8-16)24(28)29)22-11-4-12-23(22)20(27)30-14-15-5-2-1-3-6-15/h1-3,5-10H,4,11-14H2,(H,21,26). The van der Waals surface area contributed by atoms with Crippen LogP contribution in [0.2, 0.25) is 0 Å². The molecule has 10 nitrogen and oxygen atoms in total. The molecular formula is C20H20N4O6. The first-order valence-corrected chi connectivity index (χ1v) is 9.27. The van der Waals surface area contributed by atoms with Gasteiger partial charge in [-0.25, -0.2) is 14.8 Å². The van der Waals surface area contributed by atoms with Crippen LogP contribution in [0.25, 0.3) is 0 Å². The van der Waals surface area contributed by atoms with Gasteiger partial charge in [0.25, 0.3) is 17.5 Å². The second-order valence-corrected chi connectivity index (χ2v) is 6.52. The maximum absolute atomic E-state index is 12.5. The summed E-state index contributed by atoms with van der Waals surface area (Å²) in [6.07, 6.45) is -0.0333. The first-order valence-electron chi connectivity index (χ1n) is 9.27. The molecule has 0 saturated carbocycles. The minimum absolute atomic E-state index is 0.0923. The number of hydrogen-bond donors (Lipinski definition) is 1. The number of carbonyl (C=O) groups excluding carboxylic acids is 3. The molecule has 1 fully saturated rings. The fourth-order valence-corrected chi connectivity index (χ4v) is 2.94. The molecule has 0 aliphatic carbocycles. The number of nitrogens with zero attached hydrogens (tertiary/aromatic N) is 3. The van der Waals surface area contributed by atoms with Crippen molar-refractivity contribution in [2.75, 3.05) is 19.6 Å². The molecule has 1 aliphatic rings. The minimum atomic E-state index is -0.633. The van der Waals surface area contributed by atoms with E-state index < -0.39 is 22.8 Å². The van der Waals surface area contributed by atoms with Crippen LogP contribution in [0.15, 0.2) is 54.6 Å². The van der Waals surface area contributed by atoms with Gasteiger partial charge in [0.1, 0.15) is 6.61 Å². The van der Waals surface area contributed by atoms with E-state index in [1.165, 1.54) is 34.3 Å². The van der Waals surface area contributed by atoms with Gasteiger partial charge in [0.2, 0.25) is 0 Å². The SMILES string of the molecule is O=C(NCC(=O)N1CCCN1C(=O)OCc1ccccc1)c1ccc([N+](=O)[O-])cc1. The van der Waals surface area contributed by atoms with E-state index in [-0.39, 0.29) is 24.4 Å². The van der Waals surface area contributed by atoms with Crippen molar-refractivity contribution in [1.82, 2.24) is 15.3 Å². The highest BCUT2D eigenvalue weighted by atomic mass is 16.6. The van der Waals surface area contributed by atoms with Crippen molar-refractivity contribution in [3.63, 3.8) is 0 Å². The smallest absolute Gasteiger partial charge is 0.429 e. The molecule has 3 rings (SSSR count). The molecule has 0 aromatic heterocycles. The number of hydrazine groups is 1. The van der Waals surface area contributed by atoms with E-state index in [1.807, 2.05) is 30.3 Å². The van der Waals surface area contributed by atoms with Crippen molar-refractivity contribution < 1.29 is 24.0 Å². The Morgan fingerprint density at radius 2 is 1.67 bits per heavy atom. The molecule has 30 heavy (non-hydrogen) atoms. The van der Waals surface area contributed by atoms with Crippen molar-refractivity contribution in [2.45, 2.75) is 13.0 Å². The number of benzene rings is 2. The fraction of sp³-hybridized carbons (Fsp3) is 0.250. The molecule has 10 heteroatoms. The Labute approximate surface area is 172 Å². The van der Waals surface area contributed by atoms with Crippen LogP contribution in [0.4, 0.5) is 10.5 Å². The molecular weight excluding hydrogens is 392 g/mol. The summed E-state index contributed by atoms with van der Waals surface area (Å²) in [6, 6.07) is 14.2. The Bertz CT molecular complexity index is 932. The summed E-state index contributed by atoms with van der Waals surface area (Å²) in [5.41, 5.74) is 0.886. The number of hydrogen-bond acceptors (Lipinski definition) is 6. The normalized spacial score (nSPS) is 13.1. The van der Waals surface area contributed by atoms with Crippen LogP contribution < -0.4 is 5.32 Å². The molecule has 3 amide bonds. The summed E-state index contributed by atoms with van der Waals surface area (Å²) >= 11 is 0. The summed E-state index contributed by atoms with van der Waals surface area (Å²) < 4.78 is 5.27. The molecule has 0 bridgehead atoms. The van der Waals surface area contributed by atoms with E-state index in [0.717, 1.165) is 5.56 Å². The molecule has 1 saturated heterocycles. The van der Waals surface area contributed by atoms with E-state index in [4.69, 9.17) is 4.74 Å². The van der Waals surface area contributed by atoms with E-state index in [9.17, 15) is 24.5 Å². The lowest BCUT2D eigenvalue weighted by atomic mass is 10.2. The number of non-ortho nitro benzene ring substituents is 1. The lowest BCUT2D eigenvalue weighted by Gasteiger charge is -2.27. The molecule has 2 aromatic carbocycles. The maximum Gasteiger partial charge on any atom is 0.429 e. The zero-order valence-corrected chi connectivity index (χ0v) is 16.0. The lowest BCUT2D eigenvalue weighted by molar-refractivity contribution is -0.384. The quantitative estimate of drug-likeness (QED) is 0.573. The fourth-order valence-electron chi connectivity index (χ4n) is 2.94. The van der Waals surface area contributed by atoms with Crippen molar-refractivity contribution in [3.8, 4) is 0 Å². The first kappa shape index (κ1) is 20.8. The minimum Gasteiger partial charge on any atom is -0.443 e. The highest BCUT2D eigenvalue weighted by Crippen LogP contribution is 2.14. The third-order valence-corrected chi connectivity index (χ3v) is 4.48. The van der Waals surface area contributed by atoms with Crippen LogP contribution in [0.5, 0.6) is 0 Å². The van der Waals surface area contributed by atoms with Gasteiger partial charge >= 0.3 is 6.09 Å². The van der Waals surface area contributed by atoms with Gasteiger partial charge in [-0.3, -0.25) is 19.7 Å². The lowest BCUT2D eigenvalue weighted by Crippen LogP contribution is -2.48. The Hall–Kier alpha value is -3.95. The summed E-state index contributed by atoms with van der Waals surface area (Å²) in [6.45, 7) is 0.454. The van der Waals surface area contributed by atoms with Crippen molar-refractivity contribution in [3.05, 3.63) is 75.8 Å². The van der Waals surface area contributed by atoms with Crippen LogP contribution in [-0.2, 0) is 16.1 Å². The first-order chi connectivity index (χ1) is 14.5. The van der Waals surface area contributed by atoms with Gasteiger partial charge in [0.15, 0.2) is 0 Å². The average molecular weight is 412 g/mol. The van der Waals surface area contributed by atoms with Crippen molar-refractivity contribution >= 4 is 23.6 Å². The Balaban J connectivity index is 1.51. The Morgan fingerprint density at radius 1 is 1.00 bits per heavy atom. The molecule has 0 unspecified atom stereocenters. The third kappa shape index (κ3) is 5.10. The average Bonchev–Trinajstić information content (AvgIpc) is 3.26. The highest BCUT2D eigenvalue weighted by molar-refractivity contribution is 5.96. The van der Waals surface area contributed by atoms with Gasteiger partial charge in [-0.2, -0.15) is 0 Å². The molecule has 1 heterocycles. The predicted molar refractivity (Wildman–Crippen MR) is 105 cm³/mol. The summed E-state index contributed by atoms with van der Waals surface area (Å²) in [5, 5.41) is 15.6. The molecule has 0 atom stereocenters. The Morgan fingerprint density at radius 3 is 2.33 bits per heavy atom. The number of rotatable bonds is 6. The third-order valence-electron chi connectivity index (χ3n) is 4.48. The van der Waals surface area contributed by atoms with Crippen LogP contribution in [0, 0.1) is 10.1 Å². The predicted octanol–water partition coefficient (Wildman–Crippen LogP) is 2.11. The maximum atomic E-state index is 12.5. The van der Waals surface area contributed by atoms with Crippen LogP contribution in [-0.4, -0.2) is 52.5 Å².